The molecule has 0 bridgehead atoms. The van der Waals surface area contributed by atoms with Gasteiger partial charge in [0.25, 0.3) is 0 Å². The summed E-state index contributed by atoms with van der Waals surface area (Å²) in [4.78, 5) is 7.49. The van der Waals surface area contributed by atoms with Crippen molar-refractivity contribution in [2.24, 2.45) is 5.11 Å². The van der Waals surface area contributed by atoms with Gasteiger partial charge in [0.2, 0.25) is 0 Å². The Labute approximate surface area is 266 Å². The highest BCUT2D eigenvalue weighted by Gasteiger charge is 2.33. The van der Waals surface area contributed by atoms with E-state index in [2.05, 4.69) is 68.1 Å². The third kappa shape index (κ3) is 5.81. The molecule has 2 aromatic heterocycles. The molecule has 0 amide bonds. The SMILES string of the molecule is COc1ccc(C(c2ccc(OC)cc2)n2nc(-c3ccc(CN=[N+]=[N-])s3)c3c2-c2ccc(CN4CCOCC4)cc2C3)cc1. The van der Waals surface area contributed by atoms with Gasteiger partial charge in [-0.3, -0.25) is 9.58 Å². The fourth-order valence-corrected chi connectivity index (χ4v) is 7.31. The van der Waals surface area contributed by atoms with Crippen LogP contribution in [0.2, 0.25) is 0 Å². The molecule has 0 N–H and O–H groups in total. The van der Waals surface area contributed by atoms with Crippen LogP contribution in [0.25, 0.3) is 32.3 Å². The van der Waals surface area contributed by atoms with Crippen molar-refractivity contribution in [1.82, 2.24) is 14.7 Å². The normalized spacial score (nSPS) is 14.2. The molecule has 1 aliphatic heterocycles. The van der Waals surface area contributed by atoms with E-state index in [1.54, 1.807) is 25.6 Å². The van der Waals surface area contributed by atoms with E-state index >= 15 is 0 Å². The van der Waals surface area contributed by atoms with Crippen molar-refractivity contribution in [1.29, 1.82) is 0 Å². The van der Waals surface area contributed by atoms with E-state index in [1.807, 2.05) is 30.3 Å². The van der Waals surface area contributed by atoms with Gasteiger partial charge in [0.1, 0.15) is 23.2 Å². The van der Waals surface area contributed by atoms with Crippen LogP contribution in [-0.4, -0.2) is 55.2 Å². The molecule has 10 heteroatoms. The summed E-state index contributed by atoms with van der Waals surface area (Å²) in [6.45, 7) is 4.73. The molecular formula is C35H34N6O3S. The molecule has 1 fully saturated rings. The zero-order valence-electron chi connectivity index (χ0n) is 25.3. The number of aromatic nitrogens is 2. The van der Waals surface area contributed by atoms with Crippen LogP contribution in [0.15, 0.2) is 84.0 Å². The van der Waals surface area contributed by atoms with Crippen LogP contribution in [0.5, 0.6) is 11.5 Å². The number of hydrogen-bond acceptors (Lipinski definition) is 7. The van der Waals surface area contributed by atoms with Gasteiger partial charge in [0.05, 0.1) is 44.5 Å². The van der Waals surface area contributed by atoms with Crippen LogP contribution in [0, 0.1) is 0 Å². The Hall–Kier alpha value is -4.60. The lowest BCUT2D eigenvalue weighted by Gasteiger charge is -2.26. The monoisotopic (exact) mass is 618 g/mol. The molecule has 7 rings (SSSR count). The molecule has 228 valence electrons. The van der Waals surface area contributed by atoms with Crippen molar-refractivity contribution in [3.63, 3.8) is 0 Å². The lowest BCUT2D eigenvalue weighted by molar-refractivity contribution is 0.0342. The van der Waals surface area contributed by atoms with Crippen LogP contribution < -0.4 is 9.47 Å². The fraction of sp³-hybridized carbons (Fsp3) is 0.286. The zero-order valence-corrected chi connectivity index (χ0v) is 26.2. The summed E-state index contributed by atoms with van der Waals surface area (Å²) in [6.07, 6.45) is 0.804. The Balaban J connectivity index is 1.37. The first-order chi connectivity index (χ1) is 22.1. The molecule has 0 unspecified atom stereocenters. The molecule has 3 heterocycles. The van der Waals surface area contributed by atoms with Gasteiger partial charge in [-0.25, -0.2) is 0 Å². The average Bonchev–Trinajstić information content (AvgIpc) is 3.80. The summed E-state index contributed by atoms with van der Waals surface area (Å²) >= 11 is 1.63. The van der Waals surface area contributed by atoms with Crippen molar-refractivity contribution in [2.45, 2.75) is 25.6 Å². The summed E-state index contributed by atoms with van der Waals surface area (Å²) < 4.78 is 18.8. The molecule has 0 spiro atoms. The van der Waals surface area contributed by atoms with Gasteiger partial charge in [-0.2, -0.15) is 5.10 Å². The van der Waals surface area contributed by atoms with Crippen LogP contribution >= 0.6 is 11.3 Å². The first-order valence-electron chi connectivity index (χ1n) is 15.1. The van der Waals surface area contributed by atoms with Crippen LogP contribution in [0.4, 0.5) is 0 Å². The van der Waals surface area contributed by atoms with E-state index in [0.717, 1.165) is 83.0 Å². The summed E-state index contributed by atoms with van der Waals surface area (Å²) in [5.41, 5.74) is 18.3. The molecule has 0 saturated carbocycles. The van der Waals surface area contributed by atoms with Crippen molar-refractivity contribution in [3.8, 4) is 33.3 Å². The third-order valence-electron chi connectivity index (χ3n) is 8.60. The molecule has 45 heavy (non-hydrogen) atoms. The van der Waals surface area contributed by atoms with Crippen molar-refractivity contribution in [3.05, 3.63) is 122 Å². The number of benzene rings is 3. The highest BCUT2D eigenvalue weighted by atomic mass is 32.1. The van der Waals surface area contributed by atoms with Crippen molar-refractivity contribution >= 4 is 11.3 Å². The van der Waals surface area contributed by atoms with Gasteiger partial charge < -0.3 is 14.2 Å². The molecule has 2 aliphatic rings. The molecule has 9 nitrogen and oxygen atoms in total. The van der Waals surface area contributed by atoms with Crippen molar-refractivity contribution in [2.75, 3.05) is 40.5 Å². The number of ether oxygens (including phenoxy) is 3. The summed E-state index contributed by atoms with van der Waals surface area (Å²) in [5, 5.41) is 9.17. The molecule has 5 aromatic rings. The number of azide groups is 1. The Morgan fingerprint density at radius 2 is 1.62 bits per heavy atom. The van der Waals surface area contributed by atoms with Crippen LogP contribution in [0.3, 0.4) is 0 Å². The van der Waals surface area contributed by atoms with E-state index in [4.69, 9.17) is 24.8 Å². The van der Waals surface area contributed by atoms with Gasteiger partial charge in [-0.05, 0) is 64.2 Å². The van der Waals surface area contributed by atoms with E-state index in [-0.39, 0.29) is 6.04 Å². The standard InChI is InChI=1S/C35H34N6O3S/c1-42-27-8-4-24(5-9-27)34(25-6-10-28(43-2)11-7-25)41-35-30-13-3-23(22-40-15-17-44-18-16-40)19-26(30)20-31(35)33(38-41)32-14-12-29(45-32)21-37-39-36/h3-14,19,34H,15-18,20-22H2,1-2H3. The Kier molecular flexibility index (Phi) is 8.28. The predicted octanol–water partition coefficient (Wildman–Crippen LogP) is 7.48. The van der Waals surface area contributed by atoms with E-state index in [9.17, 15) is 0 Å². The summed E-state index contributed by atoms with van der Waals surface area (Å²) in [6, 6.07) is 27.3. The number of morpholine rings is 1. The Morgan fingerprint density at radius 1 is 0.933 bits per heavy atom. The topological polar surface area (TPSA) is 97.5 Å². The highest BCUT2D eigenvalue weighted by molar-refractivity contribution is 7.15. The maximum atomic E-state index is 8.87. The fourth-order valence-electron chi connectivity index (χ4n) is 6.38. The largest absolute Gasteiger partial charge is 0.497 e. The number of thiophene rings is 1. The number of methoxy groups -OCH3 is 2. The lowest BCUT2D eigenvalue weighted by Crippen LogP contribution is -2.35. The molecular weight excluding hydrogens is 584 g/mol. The second kappa shape index (κ2) is 12.8. The number of fused-ring (bicyclic) bond motifs is 3. The maximum Gasteiger partial charge on any atom is 0.118 e. The predicted molar refractivity (Wildman–Crippen MR) is 176 cm³/mol. The number of nitrogens with zero attached hydrogens (tertiary/aromatic N) is 6. The molecule has 0 radical (unpaired) electrons. The minimum atomic E-state index is -0.189. The van der Waals surface area contributed by atoms with Gasteiger partial charge >= 0.3 is 0 Å². The van der Waals surface area contributed by atoms with E-state index < -0.39 is 0 Å². The van der Waals surface area contributed by atoms with Gasteiger partial charge in [0, 0.05) is 47.0 Å². The van der Waals surface area contributed by atoms with Crippen molar-refractivity contribution < 1.29 is 14.2 Å². The summed E-state index contributed by atoms with van der Waals surface area (Å²) in [7, 11) is 3.37. The smallest absolute Gasteiger partial charge is 0.118 e. The van der Waals surface area contributed by atoms with E-state index in [1.165, 1.54) is 22.3 Å². The molecule has 3 aromatic carbocycles. The second-order valence-electron chi connectivity index (χ2n) is 11.3. The van der Waals surface area contributed by atoms with E-state index in [0.29, 0.717) is 6.54 Å². The van der Waals surface area contributed by atoms with Gasteiger partial charge in [-0.15, -0.1) is 11.3 Å². The number of rotatable bonds is 10. The quantitative estimate of drug-likeness (QED) is 0.0901. The molecule has 1 aliphatic carbocycles. The second-order valence-corrected chi connectivity index (χ2v) is 12.4. The minimum Gasteiger partial charge on any atom is -0.497 e. The zero-order chi connectivity index (χ0) is 30.8. The van der Waals surface area contributed by atoms with Gasteiger partial charge in [0.15, 0.2) is 0 Å². The molecule has 1 saturated heterocycles. The molecule has 0 atom stereocenters. The van der Waals surface area contributed by atoms with Crippen LogP contribution in [-0.2, 0) is 24.2 Å². The Morgan fingerprint density at radius 3 is 2.27 bits per heavy atom. The Bertz CT molecular complexity index is 1800. The van der Waals surface area contributed by atoms with Crippen LogP contribution in [0.1, 0.15) is 38.7 Å². The minimum absolute atomic E-state index is 0.189. The summed E-state index contributed by atoms with van der Waals surface area (Å²) in [5.74, 6) is 1.62. The highest BCUT2D eigenvalue weighted by Crippen LogP contribution is 2.46. The third-order valence-corrected chi connectivity index (χ3v) is 9.68. The van der Waals surface area contributed by atoms with Gasteiger partial charge in [-0.1, -0.05) is 47.6 Å². The number of hydrogen-bond donors (Lipinski definition) is 0. The maximum absolute atomic E-state index is 8.87. The lowest BCUT2D eigenvalue weighted by atomic mass is 9.97. The first kappa shape index (κ1) is 29.1. The first-order valence-corrected chi connectivity index (χ1v) is 15.9. The average molecular weight is 619 g/mol.